The number of carbonyl (C=O) groups is 5. The number of urea groups is 1. The van der Waals surface area contributed by atoms with Gasteiger partial charge in [0.25, 0.3) is 0 Å². The summed E-state index contributed by atoms with van der Waals surface area (Å²) in [5.74, 6) is -0.116. The quantitative estimate of drug-likeness (QED) is 0.335. The van der Waals surface area contributed by atoms with E-state index in [2.05, 4.69) is 29.7 Å². The van der Waals surface area contributed by atoms with E-state index in [1.165, 1.54) is 5.56 Å². The van der Waals surface area contributed by atoms with Gasteiger partial charge in [0, 0.05) is 32.7 Å². The van der Waals surface area contributed by atoms with Crippen molar-refractivity contribution in [1.82, 2.24) is 25.3 Å². The van der Waals surface area contributed by atoms with Gasteiger partial charge < -0.3 is 34.9 Å². The number of piperidine rings is 1. The Hall–Kier alpha value is -3.47. The molecule has 3 rings (SSSR count). The van der Waals surface area contributed by atoms with E-state index in [1.807, 2.05) is 80.5 Å². The molecule has 1 aromatic carbocycles. The Bertz CT molecular complexity index is 1050. The van der Waals surface area contributed by atoms with Crippen LogP contribution in [0.4, 0.5) is 9.59 Å². The third kappa shape index (κ3) is 18.8. The molecule has 0 saturated carbocycles. The molecule has 0 spiro atoms. The molecule has 4 amide bonds. The standard InChI is InChI=1S/C22H38N4O5.C7H8.C4H9NO.2C2H6/c1-15(2)18(19(28)26-11-7-8-17(26)14-27)23-20(29)25-12-9-16(10-13-25)24(6)21(30)31-22(3,4)5;1-7-5-3-2-4-6-7;1-4(6)3-5-2;2*1-2/h14-18H,7-13H2,1-6H3,(H,23,29);2-6H,1H3;5H,3H2,1-2H3;2*1-2H3/t17-,18?;;;;/m0..../s1. The number of benzene rings is 1. The molecular weight excluding hydrogens is 610 g/mol. The zero-order chi connectivity index (χ0) is 37.4. The highest BCUT2D eigenvalue weighted by Gasteiger charge is 2.37. The lowest BCUT2D eigenvalue weighted by atomic mass is 10.0. The number of likely N-dealkylation sites (N-methyl/N-ethyl adjacent to an activating group) is 1. The first-order chi connectivity index (χ1) is 22.6. The van der Waals surface area contributed by atoms with Crippen LogP contribution in [0.2, 0.25) is 0 Å². The van der Waals surface area contributed by atoms with Crippen molar-refractivity contribution in [2.24, 2.45) is 5.92 Å². The fourth-order valence-corrected chi connectivity index (χ4v) is 4.85. The van der Waals surface area contributed by atoms with Crippen molar-refractivity contribution in [3.8, 4) is 0 Å². The van der Waals surface area contributed by atoms with E-state index in [4.69, 9.17) is 4.74 Å². The van der Waals surface area contributed by atoms with Crippen molar-refractivity contribution in [1.29, 1.82) is 0 Å². The summed E-state index contributed by atoms with van der Waals surface area (Å²) in [5, 5.41) is 5.60. The van der Waals surface area contributed by atoms with Crippen LogP contribution in [0.3, 0.4) is 0 Å². The molecule has 11 heteroatoms. The van der Waals surface area contributed by atoms with Gasteiger partial charge >= 0.3 is 12.1 Å². The number of ketones is 1. The molecule has 0 aliphatic carbocycles. The monoisotopic (exact) mass is 678 g/mol. The van der Waals surface area contributed by atoms with Gasteiger partial charge in [0.1, 0.15) is 23.7 Å². The van der Waals surface area contributed by atoms with Gasteiger partial charge in [0.05, 0.1) is 12.6 Å². The van der Waals surface area contributed by atoms with E-state index in [-0.39, 0.29) is 35.8 Å². The Balaban J connectivity index is 0. The summed E-state index contributed by atoms with van der Waals surface area (Å²) in [4.78, 5) is 64.2. The molecule has 1 unspecified atom stereocenters. The lowest BCUT2D eigenvalue weighted by Crippen LogP contribution is -2.57. The average molecular weight is 678 g/mol. The van der Waals surface area contributed by atoms with Gasteiger partial charge in [-0.15, -0.1) is 0 Å². The number of nitrogens with zero attached hydrogens (tertiary/aromatic N) is 3. The van der Waals surface area contributed by atoms with E-state index in [1.54, 1.807) is 35.7 Å². The predicted molar refractivity (Wildman–Crippen MR) is 195 cm³/mol. The summed E-state index contributed by atoms with van der Waals surface area (Å²) in [7, 11) is 3.48. The van der Waals surface area contributed by atoms with Gasteiger partial charge in [0.15, 0.2) is 0 Å². The number of likely N-dealkylation sites (tertiary alicyclic amines) is 2. The number of carbonyl (C=O) groups excluding carboxylic acids is 5. The zero-order valence-electron chi connectivity index (χ0n) is 32.2. The van der Waals surface area contributed by atoms with Crippen LogP contribution in [-0.2, 0) is 19.1 Å². The molecule has 2 N–H and O–H groups in total. The first kappa shape index (κ1) is 46.6. The minimum absolute atomic E-state index is 0.000577. The molecule has 2 aliphatic rings. The highest BCUT2D eigenvalue weighted by molar-refractivity contribution is 5.89. The summed E-state index contributed by atoms with van der Waals surface area (Å²) in [6.07, 6.45) is 3.21. The highest BCUT2D eigenvalue weighted by atomic mass is 16.6. The second kappa shape index (κ2) is 25.5. The van der Waals surface area contributed by atoms with Gasteiger partial charge in [-0.3, -0.25) is 9.59 Å². The molecule has 0 radical (unpaired) electrons. The van der Waals surface area contributed by atoms with E-state index in [0.29, 0.717) is 45.4 Å². The van der Waals surface area contributed by atoms with Gasteiger partial charge in [0.2, 0.25) is 5.91 Å². The zero-order valence-corrected chi connectivity index (χ0v) is 32.2. The van der Waals surface area contributed by atoms with Crippen LogP contribution in [0, 0.1) is 12.8 Å². The first-order valence-electron chi connectivity index (χ1n) is 17.5. The van der Waals surface area contributed by atoms with Crippen molar-refractivity contribution in [2.45, 2.75) is 126 Å². The summed E-state index contributed by atoms with van der Waals surface area (Å²) in [6, 6.07) is 8.91. The van der Waals surface area contributed by atoms with E-state index < -0.39 is 17.7 Å². The van der Waals surface area contributed by atoms with Gasteiger partial charge in [-0.1, -0.05) is 77.4 Å². The predicted octanol–water partition coefficient (Wildman–Crippen LogP) is 6.08. The second-order valence-electron chi connectivity index (χ2n) is 12.7. The minimum atomic E-state index is -0.671. The maximum absolute atomic E-state index is 13.0. The Labute approximate surface area is 291 Å². The molecule has 48 heavy (non-hydrogen) atoms. The van der Waals surface area contributed by atoms with Crippen molar-refractivity contribution in [3.05, 3.63) is 35.9 Å². The first-order valence-corrected chi connectivity index (χ1v) is 17.5. The topological polar surface area (TPSA) is 128 Å². The lowest BCUT2D eigenvalue weighted by Gasteiger charge is -2.38. The van der Waals surface area contributed by atoms with Crippen molar-refractivity contribution in [3.63, 3.8) is 0 Å². The second-order valence-corrected chi connectivity index (χ2v) is 12.7. The van der Waals surface area contributed by atoms with Crippen LogP contribution in [0.5, 0.6) is 0 Å². The van der Waals surface area contributed by atoms with Crippen LogP contribution in [0.1, 0.15) is 100 Å². The van der Waals surface area contributed by atoms with E-state index in [9.17, 15) is 24.0 Å². The Morgan fingerprint density at radius 3 is 1.90 bits per heavy atom. The smallest absolute Gasteiger partial charge is 0.410 e. The Morgan fingerprint density at radius 2 is 1.52 bits per heavy atom. The summed E-state index contributed by atoms with van der Waals surface area (Å²) < 4.78 is 5.43. The normalized spacial score (nSPS) is 16.2. The summed E-state index contributed by atoms with van der Waals surface area (Å²) in [5.41, 5.74) is 0.769. The summed E-state index contributed by atoms with van der Waals surface area (Å²) >= 11 is 0. The molecule has 11 nitrogen and oxygen atoms in total. The molecule has 0 bridgehead atoms. The van der Waals surface area contributed by atoms with Crippen molar-refractivity contribution in [2.75, 3.05) is 40.3 Å². The van der Waals surface area contributed by atoms with Crippen molar-refractivity contribution >= 4 is 30.1 Å². The summed E-state index contributed by atoms with van der Waals surface area (Å²) in [6.45, 7) is 22.9. The minimum Gasteiger partial charge on any atom is -0.444 e. The van der Waals surface area contributed by atoms with Crippen molar-refractivity contribution < 1.29 is 28.7 Å². The number of hydrogen-bond donors (Lipinski definition) is 2. The largest absolute Gasteiger partial charge is 0.444 e. The molecule has 2 atom stereocenters. The molecule has 0 aromatic heterocycles. The molecule has 2 aliphatic heterocycles. The lowest BCUT2D eigenvalue weighted by molar-refractivity contribution is -0.137. The fourth-order valence-electron chi connectivity index (χ4n) is 4.85. The highest BCUT2D eigenvalue weighted by Crippen LogP contribution is 2.21. The molecule has 276 valence electrons. The molecule has 2 heterocycles. The number of aryl methyl sites for hydroxylation is 1. The number of nitrogens with one attached hydrogen (secondary N) is 2. The number of Topliss-reactive ketones (excluding diaryl/α,β-unsaturated/α-hetero) is 1. The van der Waals surface area contributed by atoms with Gasteiger partial charge in [-0.2, -0.15) is 0 Å². The number of amides is 4. The Kier molecular flexibility index (Phi) is 24.8. The average Bonchev–Trinajstić information content (AvgIpc) is 3.54. The van der Waals surface area contributed by atoms with E-state index in [0.717, 1.165) is 12.7 Å². The van der Waals surface area contributed by atoms with Crippen LogP contribution < -0.4 is 10.6 Å². The number of aldehydes is 1. The number of ether oxygens (including phenoxy) is 1. The maximum atomic E-state index is 13.0. The van der Waals surface area contributed by atoms with Crippen LogP contribution in [-0.4, -0.2) is 109 Å². The van der Waals surface area contributed by atoms with Crippen LogP contribution in [0.15, 0.2) is 30.3 Å². The third-order valence-corrected chi connectivity index (χ3v) is 7.30. The van der Waals surface area contributed by atoms with Gasteiger partial charge in [-0.25, -0.2) is 9.59 Å². The number of hydrogen-bond acceptors (Lipinski definition) is 7. The van der Waals surface area contributed by atoms with Gasteiger partial charge in [-0.05, 0) is 73.3 Å². The van der Waals surface area contributed by atoms with E-state index >= 15 is 0 Å². The van der Waals surface area contributed by atoms with Crippen LogP contribution in [0.25, 0.3) is 0 Å². The Morgan fingerprint density at radius 1 is 0.979 bits per heavy atom. The SMILES string of the molecule is CC.CC.CC(C)C(NC(=O)N1CCC(N(C)C(=O)OC(C)(C)C)CC1)C(=O)N1CCC[C@H]1C=O.CNCC(C)=O.Cc1ccccc1. The third-order valence-electron chi connectivity index (χ3n) is 7.30. The molecular formula is C37H67N5O6. The molecule has 2 fully saturated rings. The molecule has 1 aromatic rings. The fraction of sp³-hybridized carbons (Fsp3) is 0.703. The maximum Gasteiger partial charge on any atom is 0.410 e. The van der Waals surface area contributed by atoms with Crippen LogP contribution >= 0.6 is 0 Å². The number of rotatable bonds is 7. The molecule has 2 saturated heterocycles.